The number of hydrazone groups is 1. The first kappa shape index (κ1) is 17.8. The van der Waals surface area contributed by atoms with Crippen molar-refractivity contribution < 1.29 is 9.90 Å². The fourth-order valence-corrected chi connectivity index (χ4v) is 3.50. The van der Waals surface area contributed by atoms with Gasteiger partial charge in [-0.25, -0.2) is 5.01 Å². The Morgan fingerprint density at radius 3 is 2.21 bits per heavy atom. The number of nitrogens with one attached hydrogen (secondary N) is 1. The molecule has 3 aromatic carbocycles. The molecule has 0 saturated heterocycles. The molecule has 5 nitrogen and oxygen atoms in total. The van der Waals surface area contributed by atoms with Crippen LogP contribution in [0.5, 0.6) is 5.75 Å². The van der Waals surface area contributed by atoms with E-state index < -0.39 is 5.92 Å². The number of anilines is 2. The number of benzene rings is 3. The standard InChI is InChI=1S/C23H21N3O2/c1-16-21(23(28)26(25-16)18-12-6-3-7-13-18)22(17-10-4-2-5-11-17)24-19-14-8-9-15-20(19)27/h2-15,21-22,24,27H,1H3. The summed E-state index contributed by atoms with van der Waals surface area (Å²) in [5, 5.41) is 19.6. The smallest absolute Gasteiger partial charge is 0.258 e. The predicted octanol–water partition coefficient (Wildman–Crippen LogP) is 4.58. The van der Waals surface area contributed by atoms with Crippen LogP contribution in [0.1, 0.15) is 18.5 Å². The number of hydrogen-bond donors (Lipinski definition) is 2. The summed E-state index contributed by atoms with van der Waals surface area (Å²) in [6.45, 7) is 1.87. The highest BCUT2D eigenvalue weighted by atomic mass is 16.3. The van der Waals surface area contributed by atoms with Crippen molar-refractivity contribution >= 4 is 23.0 Å². The Bertz CT molecular complexity index is 1000. The van der Waals surface area contributed by atoms with Gasteiger partial charge < -0.3 is 10.4 Å². The van der Waals surface area contributed by atoms with Gasteiger partial charge in [0.25, 0.3) is 5.91 Å². The second-order valence-electron chi connectivity index (χ2n) is 6.75. The lowest BCUT2D eigenvalue weighted by molar-refractivity contribution is -0.120. The Kier molecular flexibility index (Phi) is 4.81. The Morgan fingerprint density at radius 2 is 1.54 bits per heavy atom. The van der Waals surface area contributed by atoms with Gasteiger partial charge in [-0.05, 0) is 36.8 Å². The number of aromatic hydroxyl groups is 1. The molecule has 2 N–H and O–H groups in total. The number of hydrogen-bond acceptors (Lipinski definition) is 4. The normalized spacial score (nSPS) is 17.3. The van der Waals surface area contributed by atoms with E-state index in [1.54, 1.807) is 18.2 Å². The molecular weight excluding hydrogens is 350 g/mol. The Balaban J connectivity index is 1.72. The maximum atomic E-state index is 13.3. The molecule has 4 rings (SSSR count). The zero-order valence-electron chi connectivity index (χ0n) is 15.5. The summed E-state index contributed by atoms with van der Waals surface area (Å²) in [5.74, 6) is -0.439. The molecule has 0 radical (unpaired) electrons. The molecule has 28 heavy (non-hydrogen) atoms. The van der Waals surface area contributed by atoms with E-state index in [9.17, 15) is 9.90 Å². The zero-order chi connectivity index (χ0) is 19.5. The van der Waals surface area contributed by atoms with Crippen LogP contribution in [-0.2, 0) is 4.79 Å². The van der Waals surface area contributed by atoms with E-state index in [4.69, 9.17) is 0 Å². The van der Waals surface area contributed by atoms with Crippen molar-refractivity contribution in [1.82, 2.24) is 0 Å². The first-order valence-electron chi connectivity index (χ1n) is 9.19. The van der Waals surface area contributed by atoms with E-state index in [0.29, 0.717) is 5.69 Å². The van der Waals surface area contributed by atoms with Crippen LogP contribution in [0.2, 0.25) is 0 Å². The lowest BCUT2D eigenvalue weighted by Crippen LogP contribution is -2.34. The van der Waals surface area contributed by atoms with Gasteiger partial charge in [-0.1, -0.05) is 60.7 Å². The van der Waals surface area contributed by atoms with E-state index in [-0.39, 0.29) is 17.7 Å². The van der Waals surface area contributed by atoms with Crippen LogP contribution in [0.15, 0.2) is 90.0 Å². The summed E-state index contributed by atoms with van der Waals surface area (Å²) in [6.07, 6.45) is 0. The number of nitrogens with zero attached hydrogens (tertiary/aromatic N) is 2. The fraction of sp³-hybridized carbons (Fsp3) is 0.130. The molecule has 2 unspecified atom stereocenters. The summed E-state index contributed by atoms with van der Waals surface area (Å²) in [5.41, 5.74) is 3.00. The third-order valence-electron chi connectivity index (χ3n) is 4.89. The van der Waals surface area contributed by atoms with Crippen LogP contribution in [0.4, 0.5) is 11.4 Å². The maximum Gasteiger partial charge on any atom is 0.258 e. The second kappa shape index (κ2) is 7.56. The molecule has 0 aromatic heterocycles. The van der Waals surface area contributed by atoms with Crippen molar-refractivity contribution in [2.24, 2.45) is 11.0 Å². The number of carbonyl (C=O) groups is 1. The molecule has 0 saturated carbocycles. The topological polar surface area (TPSA) is 64.9 Å². The molecule has 140 valence electrons. The molecule has 1 aliphatic rings. The van der Waals surface area contributed by atoms with Crippen LogP contribution in [-0.4, -0.2) is 16.7 Å². The highest BCUT2D eigenvalue weighted by Gasteiger charge is 2.40. The van der Waals surface area contributed by atoms with Crippen LogP contribution in [0.25, 0.3) is 0 Å². The predicted molar refractivity (Wildman–Crippen MR) is 111 cm³/mol. The molecule has 1 aliphatic heterocycles. The quantitative estimate of drug-likeness (QED) is 0.645. The molecule has 0 bridgehead atoms. The van der Waals surface area contributed by atoms with Gasteiger partial charge in [0.05, 0.1) is 23.1 Å². The molecule has 5 heteroatoms. The monoisotopic (exact) mass is 371 g/mol. The van der Waals surface area contributed by atoms with Crippen molar-refractivity contribution in [2.45, 2.75) is 13.0 Å². The molecule has 3 aromatic rings. The van der Waals surface area contributed by atoms with E-state index in [0.717, 1.165) is 17.0 Å². The SMILES string of the molecule is CC1=NN(c2ccccc2)C(=O)C1C(Nc1ccccc1O)c1ccccc1. The Hall–Kier alpha value is -3.60. The van der Waals surface area contributed by atoms with Gasteiger partial charge in [-0.3, -0.25) is 4.79 Å². The van der Waals surface area contributed by atoms with E-state index in [1.807, 2.05) is 73.7 Å². The summed E-state index contributed by atoms with van der Waals surface area (Å²) < 4.78 is 0. The van der Waals surface area contributed by atoms with E-state index in [2.05, 4.69) is 10.4 Å². The summed E-state index contributed by atoms with van der Waals surface area (Å²) >= 11 is 0. The minimum Gasteiger partial charge on any atom is -0.506 e. The van der Waals surface area contributed by atoms with Crippen molar-refractivity contribution in [3.8, 4) is 5.75 Å². The van der Waals surface area contributed by atoms with Gasteiger partial charge in [0.1, 0.15) is 11.7 Å². The molecule has 0 aliphatic carbocycles. The number of para-hydroxylation sites is 3. The second-order valence-corrected chi connectivity index (χ2v) is 6.75. The first-order valence-corrected chi connectivity index (χ1v) is 9.19. The highest BCUT2D eigenvalue weighted by molar-refractivity contribution is 6.15. The molecule has 1 heterocycles. The Morgan fingerprint density at radius 1 is 0.929 bits per heavy atom. The average molecular weight is 371 g/mol. The third-order valence-corrected chi connectivity index (χ3v) is 4.89. The number of amides is 1. The van der Waals surface area contributed by atoms with Crippen LogP contribution >= 0.6 is 0 Å². The Labute approximate surface area is 163 Å². The number of carbonyl (C=O) groups excluding carboxylic acids is 1. The van der Waals surface area contributed by atoms with Crippen molar-refractivity contribution in [1.29, 1.82) is 0 Å². The molecule has 0 spiro atoms. The van der Waals surface area contributed by atoms with Gasteiger partial charge in [0.2, 0.25) is 0 Å². The first-order chi connectivity index (χ1) is 13.6. The number of phenols is 1. The summed E-state index contributed by atoms with van der Waals surface area (Å²) in [7, 11) is 0. The lowest BCUT2D eigenvalue weighted by atomic mass is 9.89. The van der Waals surface area contributed by atoms with E-state index in [1.165, 1.54) is 5.01 Å². The molecule has 1 amide bonds. The number of rotatable bonds is 5. The third kappa shape index (κ3) is 3.34. The van der Waals surface area contributed by atoms with Crippen molar-refractivity contribution in [3.63, 3.8) is 0 Å². The molecule has 2 atom stereocenters. The maximum absolute atomic E-state index is 13.3. The average Bonchev–Trinajstić information content (AvgIpc) is 3.03. The zero-order valence-corrected chi connectivity index (χ0v) is 15.5. The van der Waals surface area contributed by atoms with Gasteiger partial charge in [-0.2, -0.15) is 5.10 Å². The fourth-order valence-electron chi connectivity index (χ4n) is 3.50. The van der Waals surface area contributed by atoms with Crippen LogP contribution in [0, 0.1) is 5.92 Å². The van der Waals surface area contributed by atoms with Gasteiger partial charge in [-0.15, -0.1) is 0 Å². The van der Waals surface area contributed by atoms with E-state index >= 15 is 0 Å². The minimum absolute atomic E-state index is 0.0968. The van der Waals surface area contributed by atoms with Gasteiger partial charge >= 0.3 is 0 Å². The lowest BCUT2D eigenvalue weighted by Gasteiger charge is -2.26. The van der Waals surface area contributed by atoms with Crippen molar-refractivity contribution in [3.05, 3.63) is 90.5 Å². The highest BCUT2D eigenvalue weighted by Crippen LogP contribution is 2.36. The molecular formula is C23H21N3O2. The largest absolute Gasteiger partial charge is 0.506 e. The summed E-state index contributed by atoms with van der Waals surface area (Å²) in [6, 6.07) is 25.8. The van der Waals surface area contributed by atoms with Crippen LogP contribution < -0.4 is 10.3 Å². The minimum atomic E-state index is -0.484. The van der Waals surface area contributed by atoms with Gasteiger partial charge in [0, 0.05) is 0 Å². The van der Waals surface area contributed by atoms with Gasteiger partial charge in [0.15, 0.2) is 0 Å². The van der Waals surface area contributed by atoms with Crippen molar-refractivity contribution in [2.75, 3.05) is 10.3 Å². The van der Waals surface area contributed by atoms with Crippen LogP contribution in [0.3, 0.4) is 0 Å². The molecule has 0 fully saturated rings. The number of phenolic OH excluding ortho intramolecular Hbond substituents is 1. The summed E-state index contributed by atoms with van der Waals surface area (Å²) in [4.78, 5) is 13.3.